The van der Waals surface area contributed by atoms with Gasteiger partial charge in [-0.1, -0.05) is 17.8 Å². The number of esters is 1. The van der Waals surface area contributed by atoms with Gasteiger partial charge >= 0.3 is 5.97 Å². The summed E-state index contributed by atoms with van der Waals surface area (Å²) in [6.45, 7) is 9.78. The summed E-state index contributed by atoms with van der Waals surface area (Å²) in [5, 5.41) is 1.27. The van der Waals surface area contributed by atoms with E-state index < -0.39 is 5.97 Å². The monoisotopic (exact) mass is 404 g/mol. The lowest BCUT2D eigenvalue weighted by atomic mass is 10.2. The third kappa shape index (κ3) is 3.59. The Morgan fingerprint density at radius 1 is 1.44 bits per heavy atom. The molecule has 27 heavy (non-hydrogen) atoms. The van der Waals surface area contributed by atoms with Crippen molar-refractivity contribution in [2.24, 2.45) is 0 Å². The van der Waals surface area contributed by atoms with Gasteiger partial charge in [-0.2, -0.15) is 0 Å². The first kappa shape index (κ1) is 19.4. The van der Waals surface area contributed by atoms with Gasteiger partial charge < -0.3 is 9.15 Å². The highest BCUT2D eigenvalue weighted by molar-refractivity contribution is 7.98. The number of hydrogen-bond donors (Lipinski definition) is 0. The molecule has 0 aliphatic carbocycles. The molecule has 0 aliphatic heterocycles. The first-order valence-corrected chi connectivity index (χ1v) is 10.1. The van der Waals surface area contributed by atoms with Crippen LogP contribution in [-0.4, -0.2) is 22.6 Å². The Bertz CT molecular complexity index is 1090. The van der Waals surface area contributed by atoms with Crippen LogP contribution < -0.4 is 5.56 Å². The van der Waals surface area contributed by atoms with Crippen LogP contribution in [0, 0.1) is 20.8 Å². The number of carbonyl (C=O) groups excluding carboxylic acids is 1. The number of aromatic nitrogens is 2. The van der Waals surface area contributed by atoms with Crippen LogP contribution in [0.3, 0.4) is 0 Å². The van der Waals surface area contributed by atoms with E-state index in [4.69, 9.17) is 14.1 Å². The Morgan fingerprint density at radius 3 is 2.85 bits per heavy atom. The van der Waals surface area contributed by atoms with E-state index in [1.807, 2.05) is 13.8 Å². The van der Waals surface area contributed by atoms with E-state index in [2.05, 4.69) is 6.58 Å². The van der Waals surface area contributed by atoms with E-state index in [-0.39, 0.29) is 5.56 Å². The minimum absolute atomic E-state index is 0.0601. The van der Waals surface area contributed by atoms with E-state index in [0.29, 0.717) is 39.9 Å². The summed E-state index contributed by atoms with van der Waals surface area (Å²) in [5.74, 6) is 1.14. The summed E-state index contributed by atoms with van der Waals surface area (Å²) in [5.41, 5.74) is 1.32. The highest BCUT2D eigenvalue weighted by Crippen LogP contribution is 2.30. The number of methoxy groups -OCH3 is 1. The molecule has 3 aromatic rings. The van der Waals surface area contributed by atoms with Gasteiger partial charge in [0.15, 0.2) is 5.16 Å². The van der Waals surface area contributed by atoms with Gasteiger partial charge in [0.25, 0.3) is 5.56 Å². The quantitative estimate of drug-likeness (QED) is 0.265. The fourth-order valence-electron chi connectivity index (χ4n) is 2.77. The number of ether oxygens (including phenoxy) is 1. The molecule has 3 aromatic heterocycles. The lowest BCUT2D eigenvalue weighted by molar-refractivity contribution is 0.0599. The molecule has 0 aliphatic rings. The maximum atomic E-state index is 13.0. The Hall–Kier alpha value is -2.32. The van der Waals surface area contributed by atoms with Crippen molar-refractivity contribution >= 4 is 39.3 Å². The van der Waals surface area contributed by atoms with Crippen LogP contribution in [0.4, 0.5) is 0 Å². The van der Waals surface area contributed by atoms with Gasteiger partial charge in [-0.3, -0.25) is 9.36 Å². The number of fused-ring (bicyclic) bond motifs is 1. The predicted octanol–water partition coefficient (Wildman–Crippen LogP) is 4.24. The number of rotatable bonds is 6. The largest absolute Gasteiger partial charge is 0.465 e. The zero-order valence-corrected chi connectivity index (χ0v) is 17.3. The third-order valence-corrected chi connectivity index (χ3v) is 6.38. The molecule has 6 nitrogen and oxygen atoms in total. The molecular formula is C19H20N2O4S2. The van der Waals surface area contributed by atoms with Crippen molar-refractivity contribution in [3.05, 3.63) is 56.6 Å². The molecular weight excluding hydrogens is 384 g/mol. The average molecular weight is 405 g/mol. The normalized spacial score (nSPS) is 11.1. The van der Waals surface area contributed by atoms with Crippen molar-refractivity contribution < 1.29 is 13.9 Å². The highest BCUT2D eigenvalue weighted by Gasteiger charge is 2.18. The molecule has 3 heterocycles. The van der Waals surface area contributed by atoms with E-state index in [9.17, 15) is 9.59 Å². The van der Waals surface area contributed by atoms with Gasteiger partial charge in [0, 0.05) is 11.4 Å². The van der Waals surface area contributed by atoms with Gasteiger partial charge in [-0.25, -0.2) is 9.78 Å². The molecule has 0 N–H and O–H groups in total. The second-order valence-electron chi connectivity index (χ2n) is 6.03. The van der Waals surface area contributed by atoms with Crippen molar-refractivity contribution in [1.29, 1.82) is 0 Å². The smallest absolute Gasteiger partial charge is 0.341 e. The zero-order valence-electron chi connectivity index (χ0n) is 15.6. The van der Waals surface area contributed by atoms with E-state index in [1.165, 1.54) is 30.2 Å². The summed E-state index contributed by atoms with van der Waals surface area (Å²) in [6.07, 6.45) is 1.68. The summed E-state index contributed by atoms with van der Waals surface area (Å²) in [6, 6.07) is 1.67. The SMILES string of the molecule is C=CCn1c(SCc2cc(C(=O)OC)c(C)o2)nc2sc(C)c(C)c2c1=O. The standard InChI is InChI=1S/C19H20N2O4S2/c1-6-7-21-17(22)15-10(2)12(4)27-16(15)20-19(21)26-9-13-8-14(11(3)25-13)18(23)24-5/h6,8H,1,7,9H2,2-5H3. The maximum absolute atomic E-state index is 13.0. The van der Waals surface area contributed by atoms with Crippen LogP contribution in [0.2, 0.25) is 0 Å². The van der Waals surface area contributed by atoms with Crippen molar-refractivity contribution in [2.45, 2.75) is 38.2 Å². The fraction of sp³-hybridized carbons (Fsp3) is 0.316. The summed E-state index contributed by atoms with van der Waals surface area (Å²) in [4.78, 5) is 31.2. The molecule has 0 saturated carbocycles. The molecule has 3 rings (SSSR count). The van der Waals surface area contributed by atoms with Gasteiger partial charge in [0.1, 0.15) is 21.9 Å². The summed E-state index contributed by atoms with van der Waals surface area (Å²) >= 11 is 2.91. The topological polar surface area (TPSA) is 74.3 Å². The van der Waals surface area contributed by atoms with Crippen LogP contribution in [0.25, 0.3) is 10.2 Å². The number of nitrogens with zero attached hydrogens (tertiary/aromatic N) is 2. The second-order valence-corrected chi connectivity index (χ2v) is 8.17. The Morgan fingerprint density at radius 2 is 2.19 bits per heavy atom. The van der Waals surface area contributed by atoms with Crippen LogP contribution in [0.15, 0.2) is 33.1 Å². The molecule has 0 atom stereocenters. The highest BCUT2D eigenvalue weighted by atomic mass is 32.2. The number of furan rings is 1. The number of hydrogen-bond acceptors (Lipinski definition) is 7. The molecule has 0 unspecified atom stereocenters. The minimum Gasteiger partial charge on any atom is -0.465 e. The number of aryl methyl sites for hydroxylation is 3. The number of carbonyl (C=O) groups is 1. The van der Waals surface area contributed by atoms with Crippen LogP contribution in [0.1, 0.15) is 32.3 Å². The fourth-order valence-corrected chi connectivity index (χ4v) is 4.73. The first-order chi connectivity index (χ1) is 12.9. The third-order valence-electron chi connectivity index (χ3n) is 4.28. The molecule has 0 spiro atoms. The van der Waals surface area contributed by atoms with E-state index in [1.54, 1.807) is 23.6 Å². The summed E-state index contributed by atoms with van der Waals surface area (Å²) in [7, 11) is 1.33. The summed E-state index contributed by atoms with van der Waals surface area (Å²) < 4.78 is 12.0. The average Bonchev–Trinajstić information content (AvgIpc) is 3.15. The maximum Gasteiger partial charge on any atom is 0.341 e. The van der Waals surface area contributed by atoms with Crippen LogP contribution in [-0.2, 0) is 17.0 Å². The number of allylic oxidation sites excluding steroid dienone is 1. The predicted molar refractivity (Wildman–Crippen MR) is 108 cm³/mol. The van der Waals surface area contributed by atoms with E-state index in [0.717, 1.165) is 15.3 Å². The Balaban J connectivity index is 1.97. The van der Waals surface area contributed by atoms with Crippen LogP contribution >= 0.6 is 23.1 Å². The van der Waals surface area contributed by atoms with Crippen molar-refractivity contribution in [1.82, 2.24) is 9.55 Å². The lowest BCUT2D eigenvalue weighted by Gasteiger charge is -2.09. The molecule has 142 valence electrons. The van der Waals surface area contributed by atoms with Gasteiger partial charge in [-0.05, 0) is 32.4 Å². The number of thioether (sulfide) groups is 1. The molecule has 0 fully saturated rings. The van der Waals surface area contributed by atoms with Gasteiger partial charge in [0.05, 0.1) is 18.2 Å². The minimum atomic E-state index is -0.430. The first-order valence-electron chi connectivity index (χ1n) is 8.29. The van der Waals surface area contributed by atoms with Crippen LogP contribution in [0.5, 0.6) is 0 Å². The van der Waals surface area contributed by atoms with E-state index >= 15 is 0 Å². The Kier molecular flexibility index (Phi) is 5.57. The second kappa shape index (κ2) is 7.74. The molecule has 0 bridgehead atoms. The zero-order chi connectivity index (χ0) is 19.7. The molecule has 0 saturated heterocycles. The van der Waals surface area contributed by atoms with Crippen molar-refractivity contribution in [3.8, 4) is 0 Å². The molecule has 0 aromatic carbocycles. The molecule has 0 radical (unpaired) electrons. The van der Waals surface area contributed by atoms with Crippen molar-refractivity contribution in [2.75, 3.05) is 7.11 Å². The van der Waals surface area contributed by atoms with Gasteiger partial charge in [-0.15, -0.1) is 17.9 Å². The molecule has 8 heteroatoms. The molecule has 0 amide bonds. The van der Waals surface area contributed by atoms with Gasteiger partial charge in [0.2, 0.25) is 0 Å². The lowest BCUT2D eigenvalue weighted by Crippen LogP contribution is -2.22. The Labute approximate surface area is 164 Å². The number of thiophene rings is 1. The van der Waals surface area contributed by atoms with Crippen molar-refractivity contribution in [3.63, 3.8) is 0 Å².